The van der Waals surface area contributed by atoms with Gasteiger partial charge in [-0.15, -0.1) is 0 Å². The lowest BCUT2D eigenvalue weighted by atomic mass is 10.1. The van der Waals surface area contributed by atoms with Crippen molar-refractivity contribution in [2.24, 2.45) is 10.7 Å². The van der Waals surface area contributed by atoms with Gasteiger partial charge in [-0.25, -0.2) is 4.39 Å². The Balaban J connectivity index is 2.09. The molecular formula is C13H13F4N3O. The van der Waals surface area contributed by atoms with Gasteiger partial charge in [0.1, 0.15) is 6.61 Å². The van der Waals surface area contributed by atoms with Gasteiger partial charge in [-0.3, -0.25) is 0 Å². The molecular weight excluding hydrogens is 290 g/mol. The summed E-state index contributed by atoms with van der Waals surface area (Å²) in [5.74, 6) is -0.865. The second-order valence-electron chi connectivity index (χ2n) is 4.53. The number of hydrogen-bond acceptors (Lipinski definition) is 4. The largest absolute Gasteiger partial charge is 0.460 e. The van der Waals surface area contributed by atoms with Crippen molar-refractivity contribution in [3.05, 3.63) is 47.0 Å². The van der Waals surface area contributed by atoms with Crippen molar-refractivity contribution in [2.45, 2.75) is 12.8 Å². The highest BCUT2D eigenvalue weighted by Gasteiger charge is 2.30. The van der Waals surface area contributed by atoms with Crippen LogP contribution in [0.1, 0.15) is 11.1 Å². The zero-order valence-electron chi connectivity index (χ0n) is 11.1. The molecule has 0 atom stereocenters. The van der Waals surface area contributed by atoms with E-state index in [1.165, 1.54) is 24.1 Å². The molecule has 0 spiro atoms. The summed E-state index contributed by atoms with van der Waals surface area (Å²) in [4.78, 5) is 5.09. The van der Waals surface area contributed by atoms with E-state index in [1.807, 2.05) is 0 Å². The lowest BCUT2D eigenvalue weighted by molar-refractivity contribution is -0.137. The monoisotopic (exact) mass is 303 g/mol. The number of likely N-dealkylation sites (N-methyl/N-ethyl adjacent to an activating group) is 1. The van der Waals surface area contributed by atoms with Crippen LogP contribution in [-0.4, -0.2) is 24.5 Å². The minimum atomic E-state index is -4.41. The lowest BCUT2D eigenvalue weighted by Crippen LogP contribution is -2.34. The molecule has 0 aromatic heterocycles. The number of aliphatic imine (C=N–C) groups is 1. The molecule has 0 amide bonds. The van der Waals surface area contributed by atoms with E-state index < -0.39 is 17.6 Å². The summed E-state index contributed by atoms with van der Waals surface area (Å²) in [5, 5.41) is 0. The van der Waals surface area contributed by atoms with Gasteiger partial charge < -0.3 is 15.4 Å². The van der Waals surface area contributed by atoms with Crippen LogP contribution in [0.15, 0.2) is 40.9 Å². The van der Waals surface area contributed by atoms with Gasteiger partial charge in [0.05, 0.1) is 12.1 Å². The van der Waals surface area contributed by atoms with Crippen LogP contribution in [0.2, 0.25) is 0 Å². The van der Waals surface area contributed by atoms with E-state index in [4.69, 9.17) is 10.5 Å². The van der Waals surface area contributed by atoms with Gasteiger partial charge in [0.2, 0.25) is 0 Å². The van der Waals surface area contributed by atoms with Crippen molar-refractivity contribution in [3.8, 4) is 0 Å². The first-order chi connectivity index (χ1) is 9.77. The average Bonchev–Trinajstić information content (AvgIpc) is 2.41. The van der Waals surface area contributed by atoms with E-state index in [-0.39, 0.29) is 25.0 Å². The number of nitrogens with two attached hydrogens (primary N) is 1. The SMILES string of the molecule is CN1CC(F)=C(N)N=C1OCc1cccc(C(F)(F)F)c1. The van der Waals surface area contributed by atoms with Crippen molar-refractivity contribution in [1.29, 1.82) is 0 Å². The van der Waals surface area contributed by atoms with Gasteiger partial charge in [0.15, 0.2) is 11.6 Å². The van der Waals surface area contributed by atoms with Crippen LogP contribution in [0.4, 0.5) is 17.6 Å². The number of amidine groups is 1. The van der Waals surface area contributed by atoms with Gasteiger partial charge >= 0.3 is 6.18 Å². The number of nitrogens with zero attached hydrogens (tertiary/aromatic N) is 2. The number of rotatable bonds is 2. The molecule has 2 rings (SSSR count). The average molecular weight is 303 g/mol. The molecule has 1 aliphatic heterocycles. The fourth-order valence-electron chi connectivity index (χ4n) is 1.73. The topological polar surface area (TPSA) is 50.8 Å². The zero-order chi connectivity index (χ0) is 15.6. The van der Waals surface area contributed by atoms with Gasteiger partial charge in [-0.2, -0.15) is 18.2 Å². The maximum atomic E-state index is 13.2. The van der Waals surface area contributed by atoms with Crippen molar-refractivity contribution < 1.29 is 22.3 Å². The highest BCUT2D eigenvalue weighted by molar-refractivity contribution is 5.76. The van der Waals surface area contributed by atoms with E-state index >= 15 is 0 Å². The Hall–Kier alpha value is -2.25. The molecule has 0 saturated carbocycles. The quantitative estimate of drug-likeness (QED) is 0.855. The number of alkyl halides is 3. The third kappa shape index (κ3) is 3.65. The van der Waals surface area contributed by atoms with Crippen molar-refractivity contribution in [3.63, 3.8) is 0 Å². The van der Waals surface area contributed by atoms with Crippen LogP contribution in [0.25, 0.3) is 0 Å². The summed E-state index contributed by atoms with van der Waals surface area (Å²) < 4.78 is 56.2. The number of hydrogen-bond donors (Lipinski definition) is 1. The normalized spacial score (nSPS) is 16.0. The van der Waals surface area contributed by atoms with Gasteiger partial charge in [0.25, 0.3) is 6.02 Å². The molecule has 114 valence electrons. The lowest BCUT2D eigenvalue weighted by Gasteiger charge is -2.24. The Kier molecular flexibility index (Phi) is 4.06. The van der Waals surface area contributed by atoms with E-state index in [0.29, 0.717) is 5.56 Å². The first-order valence-corrected chi connectivity index (χ1v) is 6.00. The Labute approximate surface area is 118 Å². The van der Waals surface area contributed by atoms with Crippen LogP contribution in [0.5, 0.6) is 0 Å². The maximum Gasteiger partial charge on any atom is 0.416 e. The Bertz CT molecular complexity index is 595. The van der Waals surface area contributed by atoms with Crippen LogP contribution in [-0.2, 0) is 17.5 Å². The summed E-state index contributed by atoms with van der Waals surface area (Å²) >= 11 is 0. The molecule has 1 aromatic carbocycles. The maximum absolute atomic E-state index is 13.2. The predicted octanol–water partition coefficient (Wildman–Crippen LogP) is 2.62. The standard InChI is InChI=1S/C13H13F4N3O/c1-20-6-10(14)11(18)19-12(20)21-7-8-3-2-4-9(5-8)13(15,16)17/h2-5H,6-7,18H2,1H3. The Morgan fingerprint density at radius 2 is 2.10 bits per heavy atom. The molecule has 1 aliphatic rings. The van der Waals surface area contributed by atoms with Gasteiger partial charge in [-0.05, 0) is 17.7 Å². The first kappa shape index (κ1) is 15.1. The number of halogens is 4. The van der Waals surface area contributed by atoms with Crippen molar-refractivity contribution in [2.75, 3.05) is 13.6 Å². The van der Waals surface area contributed by atoms with Crippen molar-refractivity contribution >= 4 is 6.02 Å². The fraction of sp³-hybridized carbons (Fsp3) is 0.308. The van der Waals surface area contributed by atoms with E-state index in [9.17, 15) is 17.6 Å². The Morgan fingerprint density at radius 1 is 1.38 bits per heavy atom. The molecule has 2 N–H and O–H groups in total. The van der Waals surface area contributed by atoms with Crippen LogP contribution < -0.4 is 5.73 Å². The smallest absolute Gasteiger partial charge is 0.416 e. The molecule has 8 heteroatoms. The molecule has 21 heavy (non-hydrogen) atoms. The molecule has 1 heterocycles. The minimum Gasteiger partial charge on any atom is -0.460 e. The van der Waals surface area contributed by atoms with Crippen LogP contribution >= 0.6 is 0 Å². The molecule has 0 saturated heterocycles. The highest BCUT2D eigenvalue weighted by Crippen LogP contribution is 2.29. The second-order valence-corrected chi connectivity index (χ2v) is 4.53. The van der Waals surface area contributed by atoms with E-state index in [0.717, 1.165) is 12.1 Å². The van der Waals surface area contributed by atoms with E-state index in [2.05, 4.69) is 4.99 Å². The Morgan fingerprint density at radius 3 is 2.76 bits per heavy atom. The minimum absolute atomic E-state index is 0.0614. The third-order valence-electron chi connectivity index (χ3n) is 2.82. The second kappa shape index (κ2) is 5.63. The van der Waals surface area contributed by atoms with Crippen LogP contribution in [0.3, 0.4) is 0 Å². The fourth-order valence-corrected chi connectivity index (χ4v) is 1.73. The summed E-state index contributed by atoms with van der Waals surface area (Å²) in [5.41, 5.74) is 4.91. The van der Waals surface area contributed by atoms with Gasteiger partial charge in [0, 0.05) is 7.05 Å². The summed E-state index contributed by atoms with van der Waals surface area (Å²) in [7, 11) is 1.54. The van der Waals surface area contributed by atoms with Crippen LogP contribution in [0, 0.1) is 0 Å². The van der Waals surface area contributed by atoms with Crippen molar-refractivity contribution in [1.82, 2.24) is 4.90 Å². The number of ether oxygens (including phenoxy) is 1. The molecule has 0 fully saturated rings. The third-order valence-corrected chi connectivity index (χ3v) is 2.82. The molecule has 0 aliphatic carbocycles. The van der Waals surface area contributed by atoms with E-state index in [1.54, 1.807) is 0 Å². The summed E-state index contributed by atoms with van der Waals surface area (Å²) in [6.45, 7) is -0.213. The predicted molar refractivity (Wildman–Crippen MR) is 68.6 cm³/mol. The molecule has 0 unspecified atom stereocenters. The zero-order valence-corrected chi connectivity index (χ0v) is 11.1. The molecule has 0 bridgehead atoms. The summed E-state index contributed by atoms with van der Waals surface area (Å²) in [6, 6.07) is 4.82. The first-order valence-electron chi connectivity index (χ1n) is 6.00. The molecule has 0 radical (unpaired) electrons. The van der Waals surface area contributed by atoms with Gasteiger partial charge in [-0.1, -0.05) is 12.1 Å². The molecule has 1 aromatic rings. The number of benzene rings is 1. The highest BCUT2D eigenvalue weighted by atomic mass is 19.4. The summed E-state index contributed by atoms with van der Waals surface area (Å²) in [6.07, 6.45) is -4.41. The molecule has 4 nitrogen and oxygen atoms in total.